The molecule has 0 aromatic rings. The normalized spacial score (nSPS) is 14.1. The number of carbonyl (C=O) groups is 2. The maximum absolute atomic E-state index is 11.5. The number of ether oxygens (including phenoxy) is 2. The van der Waals surface area contributed by atoms with E-state index in [0.29, 0.717) is 0 Å². The molecule has 0 rings (SSSR count). The van der Waals surface area contributed by atoms with Crippen LogP contribution in [0.2, 0.25) is 0 Å². The Morgan fingerprint density at radius 3 is 1.41 bits per heavy atom. The van der Waals surface area contributed by atoms with Gasteiger partial charge < -0.3 is 0 Å². The van der Waals surface area contributed by atoms with Gasteiger partial charge in [0, 0.05) is 0 Å². The minimum atomic E-state index is -1.61. The Hall–Kier alpha value is 0.263. The molecule has 96 valence electrons. The molecule has 17 heavy (non-hydrogen) atoms. The van der Waals surface area contributed by atoms with Crippen molar-refractivity contribution < 1.29 is 36.2 Å². The summed E-state index contributed by atoms with van der Waals surface area (Å²) < 4.78 is 9.08. The van der Waals surface area contributed by atoms with Gasteiger partial charge in [0.25, 0.3) is 0 Å². The van der Waals surface area contributed by atoms with Crippen molar-refractivity contribution >= 4 is 37.2 Å². The van der Waals surface area contributed by atoms with Gasteiger partial charge in [-0.15, -0.1) is 0 Å². The van der Waals surface area contributed by atoms with Crippen molar-refractivity contribution in [3.63, 3.8) is 0 Å². The molecule has 4 nitrogen and oxygen atoms in total. The summed E-state index contributed by atoms with van der Waals surface area (Å²) in [4.78, 5) is 23.0. The van der Waals surface area contributed by atoms with Crippen LogP contribution in [-0.2, 0) is 36.2 Å². The number of rotatable bonds is 6. The third kappa shape index (κ3) is 8.06. The summed E-state index contributed by atoms with van der Waals surface area (Å²) in [7, 11) is 0. The van der Waals surface area contributed by atoms with Crippen LogP contribution in [0.1, 0.15) is 27.7 Å². The summed E-state index contributed by atoms with van der Waals surface area (Å²) in [6.07, 6.45) is -0.332. The molecule has 0 aliphatic carbocycles. The van der Waals surface area contributed by atoms with Gasteiger partial charge in [0.1, 0.15) is 0 Å². The molecule has 0 bridgehead atoms. The van der Waals surface area contributed by atoms with E-state index in [4.69, 9.17) is 9.47 Å². The molecule has 0 fully saturated rings. The molecule has 0 aromatic heterocycles. The fraction of sp³-hybridized carbons (Fsp3) is 0.800. The first kappa shape index (κ1) is 17.3. The zero-order chi connectivity index (χ0) is 13.6. The van der Waals surface area contributed by atoms with Gasteiger partial charge in [0.15, 0.2) is 0 Å². The molecule has 2 unspecified atom stereocenters. The molecule has 0 aromatic carbocycles. The average Bonchev–Trinajstić information content (AvgIpc) is 2.15. The summed E-state index contributed by atoms with van der Waals surface area (Å²) in [5.41, 5.74) is 0. The van der Waals surface area contributed by atoms with E-state index >= 15 is 0 Å². The van der Waals surface area contributed by atoms with Crippen molar-refractivity contribution in [2.45, 2.75) is 47.6 Å². The third-order valence-corrected chi connectivity index (χ3v) is 7.58. The van der Waals surface area contributed by atoms with Gasteiger partial charge in [0.05, 0.1) is 0 Å². The molecule has 0 heterocycles. The predicted octanol–water partition coefficient (Wildman–Crippen LogP) is 1.48. The van der Waals surface area contributed by atoms with Crippen molar-refractivity contribution in [3.05, 3.63) is 0 Å². The summed E-state index contributed by atoms with van der Waals surface area (Å²) in [6.45, 7) is 7.10. The van der Waals surface area contributed by atoms with Gasteiger partial charge in [-0.05, 0) is 0 Å². The molecular formula is C10H18O4S2Zn. The minimum absolute atomic E-state index is 0.166. The Bertz CT molecular complexity index is 245. The topological polar surface area (TPSA) is 52.6 Å². The van der Waals surface area contributed by atoms with Gasteiger partial charge in [-0.25, -0.2) is 0 Å². The van der Waals surface area contributed by atoms with E-state index in [2.05, 4.69) is 25.3 Å². The molecule has 2 atom stereocenters. The second kappa shape index (κ2) is 8.38. The van der Waals surface area contributed by atoms with Gasteiger partial charge in [-0.3, -0.25) is 0 Å². The molecule has 0 amide bonds. The van der Waals surface area contributed by atoms with Crippen LogP contribution in [0.15, 0.2) is 0 Å². The van der Waals surface area contributed by atoms with Crippen LogP contribution < -0.4 is 0 Å². The Morgan fingerprint density at radius 1 is 0.882 bits per heavy atom. The fourth-order valence-corrected chi connectivity index (χ4v) is 6.30. The Labute approximate surface area is 121 Å². The van der Waals surface area contributed by atoms with Crippen molar-refractivity contribution in [2.75, 3.05) is 0 Å². The molecule has 0 spiro atoms. The Balaban J connectivity index is 4.14. The molecule has 0 aliphatic heterocycles. The molecule has 7 heteroatoms. The zero-order valence-corrected chi connectivity index (χ0v) is 15.3. The molecule has 0 saturated heterocycles. The molecule has 0 N–H and O–H groups in total. The van der Waals surface area contributed by atoms with E-state index in [1.54, 1.807) is 27.7 Å². The summed E-state index contributed by atoms with van der Waals surface area (Å²) in [6, 6.07) is 0. The Morgan fingerprint density at radius 2 is 1.18 bits per heavy atom. The second-order valence-electron chi connectivity index (χ2n) is 4.24. The van der Waals surface area contributed by atoms with Crippen LogP contribution in [0.5, 0.6) is 0 Å². The van der Waals surface area contributed by atoms with Crippen LogP contribution in [0.3, 0.4) is 0 Å². The van der Waals surface area contributed by atoms with E-state index in [1.807, 2.05) is 0 Å². The first-order chi connectivity index (χ1) is 7.73. The maximum atomic E-state index is 11.5. The van der Waals surface area contributed by atoms with Crippen molar-refractivity contribution in [1.82, 2.24) is 0 Å². The monoisotopic (exact) mass is 330 g/mol. The summed E-state index contributed by atoms with van der Waals surface area (Å²) in [5.74, 6) is -0.723. The Kier molecular flexibility index (Phi) is 8.51. The standard InChI is InChI=1S/2C5H9O2S.Zn/c2*1-4(2)7-5(6)3-8;/h2*3-4,8H,1-2H3;. The van der Waals surface area contributed by atoms with E-state index in [-0.39, 0.29) is 24.1 Å². The van der Waals surface area contributed by atoms with E-state index < -0.39 is 24.8 Å². The second-order valence-corrected chi connectivity index (χ2v) is 12.8. The zero-order valence-electron chi connectivity index (χ0n) is 10.5. The van der Waals surface area contributed by atoms with Crippen LogP contribution in [0, 0.1) is 0 Å². The SMILES string of the molecule is CC(C)OC(=O)[CH](S)[Zn][CH](S)C(=O)OC(C)C. The first-order valence-electron chi connectivity index (χ1n) is 5.51. The van der Waals surface area contributed by atoms with Crippen LogP contribution in [0.25, 0.3) is 0 Å². The fourth-order valence-electron chi connectivity index (χ4n) is 1.03. The summed E-state index contributed by atoms with van der Waals surface area (Å²) in [5, 5.41) is 0. The van der Waals surface area contributed by atoms with Crippen molar-refractivity contribution in [2.24, 2.45) is 0 Å². The predicted molar refractivity (Wildman–Crippen MR) is 68.0 cm³/mol. The van der Waals surface area contributed by atoms with E-state index in [0.717, 1.165) is 0 Å². The van der Waals surface area contributed by atoms with E-state index in [9.17, 15) is 9.59 Å². The number of carbonyl (C=O) groups excluding carboxylic acids is 2. The van der Waals surface area contributed by atoms with E-state index in [1.165, 1.54) is 0 Å². The molecule has 0 radical (unpaired) electrons. The third-order valence-electron chi connectivity index (χ3n) is 1.69. The van der Waals surface area contributed by atoms with Crippen LogP contribution in [0.4, 0.5) is 0 Å². The summed E-state index contributed by atoms with van der Waals surface area (Å²) >= 11 is 6.75. The van der Waals surface area contributed by atoms with Crippen LogP contribution >= 0.6 is 25.3 Å². The van der Waals surface area contributed by atoms with Gasteiger partial charge in [0.2, 0.25) is 0 Å². The van der Waals surface area contributed by atoms with Gasteiger partial charge in [-0.1, -0.05) is 0 Å². The number of hydrogen-bond donors (Lipinski definition) is 2. The molecule has 0 aliphatic rings. The van der Waals surface area contributed by atoms with Crippen LogP contribution in [-0.4, -0.2) is 31.8 Å². The number of thiol groups is 2. The van der Waals surface area contributed by atoms with Gasteiger partial charge >= 0.3 is 121 Å². The first-order valence-corrected chi connectivity index (χ1v) is 9.97. The quantitative estimate of drug-likeness (QED) is 0.440. The van der Waals surface area contributed by atoms with Crippen molar-refractivity contribution in [1.29, 1.82) is 0 Å². The molecular weight excluding hydrogens is 314 g/mol. The van der Waals surface area contributed by atoms with Gasteiger partial charge in [-0.2, -0.15) is 0 Å². The molecule has 0 saturated carbocycles. The average molecular weight is 332 g/mol. The number of esters is 2. The van der Waals surface area contributed by atoms with Crippen molar-refractivity contribution in [3.8, 4) is 0 Å². The number of hydrogen-bond acceptors (Lipinski definition) is 6.